The van der Waals surface area contributed by atoms with Gasteiger partial charge in [0.1, 0.15) is 0 Å². The Balaban J connectivity index is 1.81. The average Bonchev–Trinajstić information content (AvgIpc) is 2.89. The Morgan fingerprint density at radius 2 is 2.04 bits per heavy atom. The highest BCUT2D eigenvalue weighted by Gasteiger charge is 2.30. The van der Waals surface area contributed by atoms with Crippen LogP contribution < -0.4 is 5.32 Å². The third kappa shape index (κ3) is 3.56. The SMILES string of the molecule is O=C(c1cn(-c2cccc(C(F)(F)F)c2)nn1)N1CCCNCC1. The van der Waals surface area contributed by atoms with Gasteiger partial charge in [0, 0.05) is 19.6 Å². The lowest BCUT2D eigenvalue weighted by Gasteiger charge is -2.18. The molecule has 0 unspecified atom stereocenters. The van der Waals surface area contributed by atoms with Crippen molar-refractivity contribution in [2.75, 3.05) is 26.2 Å². The summed E-state index contributed by atoms with van der Waals surface area (Å²) in [5, 5.41) is 10.8. The van der Waals surface area contributed by atoms with Crippen LogP contribution in [0.1, 0.15) is 22.5 Å². The molecule has 2 heterocycles. The van der Waals surface area contributed by atoms with E-state index in [-0.39, 0.29) is 17.3 Å². The molecule has 9 heteroatoms. The van der Waals surface area contributed by atoms with Crippen molar-refractivity contribution in [1.82, 2.24) is 25.2 Å². The van der Waals surface area contributed by atoms with Gasteiger partial charge in [0.2, 0.25) is 0 Å². The summed E-state index contributed by atoms with van der Waals surface area (Å²) in [6, 6.07) is 4.73. The van der Waals surface area contributed by atoms with Gasteiger partial charge >= 0.3 is 6.18 Å². The first-order chi connectivity index (χ1) is 11.4. The Labute approximate surface area is 136 Å². The van der Waals surface area contributed by atoms with Crippen LogP contribution in [-0.2, 0) is 6.18 Å². The molecule has 24 heavy (non-hydrogen) atoms. The van der Waals surface area contributed by atoms with Crippen LogP contribution in [0.3, 0.4) is 0 Å². The molecule has 128 valence electrons. The van der Waals surface area contributed by atoms with E-state index in [1.165, 1.54) is 23.0 Å². The number of nitrogens with zero attached hydrogens (tertiary/aromatic N) is 4. The standard InChI is InChI=1S/C15H16F3N5O/c16-15(17,18)11-3-1-4-12(9-11)23-10-13(20-21-23)14(24)22-7-2-5-19-6-8-22/h1,3-4,9-10,19H,2,5-8H2. The summed E-state index contributed by atoms with van der Waals surface area (Å²) in [5.74, 6) is -0.267. The van der Waals surface area contributed by atoms with Crippen molar-refractivity contribution >= 4 is 5.91 Å². The molecule has 0 saturated carbocycles. The van der Waals surface area contributed by atoms with Crippen molar-refractivity contribution in [1.29, 1.82) is 0 Å². The lowest BCUT2D eigenvalue weighted by Crippen LogP contribution is -2.34. The van der Waals surface area contributed by atoms with Gasteiger partial charge in [-0.15, -0.1) is 5.10 Å². The number of hydrogen-bond donors (Lipinski definition) is 1. The van der Waals surface area contributed by atoms with Crippen LogP contribution in [-0.4, -0.2) is 52.0 Å². The van der Waals surface area contributed by atoms with Gasteiger partial charge in [-0.1, -0.05) is 11.3 Å². The van der Waals surface area contributed by atoms with Crippen LogP contribution in [0.15, 0.2) is 30.5 Å². The molecule has 0 atom stereocenters. The smallest absolute Gasteiger partial charge is 0.336 e. The molecule has 6 nitrogen and oxygen atoms in total. The monoisotopic (exact) mass is 339 g/mol. The molecule has 1 saturated heterocycles. The van der Waals surface area contributed by atoms with Crippen molar-refractivity contribution in [3.05, 3.63) is 41.7 Å². The quantitative estimate of drug-likeness (QED) is 0.905. The first-order valence-electron chi connectivity index (χ1n) is 7.55. The Hall–Kier alpha value is -2.42. The molecule has 1 aliphatic rings. The Bertz CT molecular complexity index is 720. The minimum Gasteiger partial charge on any atom is -0.336 e. The van der Waals surface area contributed by atoms with Crippen molar-refractivity contribution in [3.63, 3.8) is 0 Å². The van der Waals surface area contributed by atoms with E-state index in [2.05, 4.69) is 15.6 Å². The normalized spacial score (nSPS) is 16.0. The fourth-order valence-electron chi connectivity index (χ4n) is 2.52. The van der Waals surface area contributed by atoms with E-state index in [4.69, 9.17) is 0 Å². The minimum atomic E-state index is -4.44. The van der Waals surface area contributed by atoms with Crippen molar-refractivity contribution in [2.24, 2.45) is 0 Å². The van der Waals surface area contributed by atoms with Gasteiger partial charge in [0.25, 0.3) is 5.91 Å². The number of benzene rings is 1. The van der Waals surface area contributed by atoms with Crippen molar-refractivity contribution in [3.8, 4) is 5.69 Å². The molecular weight excluding hydrogens is 323 g/mol. The van der Waals surface area contributed by atoms with Crippen LogP contribution in [0.2, 0.25) is 0 Å². The third-order valence-corrected chi connectivity index (χ3v) is 3.78. The summed E-state index contributed by atoms with van der Waals surface area (Å²) >= 11 is 0. The maximum atomic E-state index is 12.8. The van der Waals surface area contributed by atoms with Crippen molar-refractivity contribution < 1.29 is 18.0 Å². The summed E-state index contributed by atoms with van der Waals surface area (Å²) in [5.41, 5.74) is -0.454. The van der Waals surface area contributed by atoms with Gasteiger partial charge in [-0.05, 0) is 31.2 Å². The van der Waals surface area contributed by atoms with Crippen LogP contribution in [0, 0.1) is 0 Å². The zero-order valence-corrected chi connectivity index (χ0v) is 12.8. The van der Waals surface area contributed by atoms with Gasteiger partial charge in [0.15, 0.2) is 5.69 Å². The molecule has 0 spiro atoms. The second-order valence-corrected chi connectivity index (χ2v) is 5.49. The molecule has 0 aliphatic carbocycles. The van der Waals surface area contributed by atoms with E-state index in [0.29, 0.717) is 19.6 Å². The predicted octanol–water partition coefficient (Wildman–Crippen LogP) is 1.72. The summed E-state index contributed by atoms with van der Waals surface area (Å²) < 4.78 is 39.5. The maximum Gasteiger partial charge on any atom is 0.416 e. The summed E-state index contributed by atoms with van der Waals surface area (Å²) in [6.07, 6.45) is -2.24. The number of hydrogen-bond acceptors (Lipinski definition) is 4. The van der Waals surface area contributed by atoms with Crippen LogP contribution >= 0.6 is 0 Å². The third-order valence-electron chi connectivity index (χ3n) is 3.78. The van der Waals surface area contributed by atoms with Gasteiger partial charge in [-0.25, -0.2) is 4.68 Å². The first-order valence-corrected chi connectivity index (χ1v) is 7.55. The molecule has 1 aromatic carbocycles. The van der Waals surface area contributed by atoms with E-state index in [1.807, 2.05) is 0 Å². The summed E-state index contributed by atoms with van der Waals surface area (Å²) in [6.45, 7) is 2.73. The molecule has 1 amide bonds. The largest absolute Gasteiger partial charge is 0.416 e. The van der Waals surface area contributed by atoms with E-state index < -0.39 is 11.7 Å². The number of carbonyl (C=O) groups excluding carboxylic acids is 1. The molecule has 0 bridgehead atoms. The number of carbonyl (C=O) groups is 1. The van der Waals surface area contributed by atoms with Crippen LogP contribution in [0.4, 0.5) is 13.2 Å². The second-order valence-electron chi connectivity index (χ2n) is 5.49. The molecule has 0 radical (unpaired) electrons. The number of amides is 1. The second kappa shape index (κ2) is 6.60. The van der Waals surface area contributed by atoms with Crippen LogP contribution in [0.5, 0.6) is 0 Å². The number of aromatic nitrogens is 3. The number of alkyl halides is 3. The topological polar surface area (TPSA) is 63.1 Å². The first kappa shape index (κ1) is 16.4. The van der Waals surface area contributed by atoms with E-state index in [1.54, 1.807) is 4.90 Å². The zero-order valence-electron chi connectivity index (χ0n) is 12.8. The minimum absolute atomic E-state index is 0.120. The molecule has 1 N–H and O–H groups in total. The molecule has 2 aromatic rings. The van der Waals surface area contributed by atoms with E-state index in [0.717, 1.165) is 25.1 Å². The highest BCUT2D eigenvalue weighted by Crippen LogP contribution is 2.30. The average molecular weight is 339 g/mol. The number of nitrogens with one attached hydrogen (secondary N) is 1. The highest BCUT2D eigenvalue weighted by atomic mass is 19.4. The maximum absolute atomic E-state index is 12.8. The van der Waals surface area contributed by atoms with E-state index >= 15 is 0 Å². The lowest BCUT2D eigenvalue weighted by atomic mass is 10.2. The fraction of sp³-hybridized carbons (Fsp3) is 0.400. The van der Waals surface area contributed by atoms with Gasteiger partial charge in [-0.2, -0.15) is 13.2 Å². The number of rotatable bonds is 2. The Morgan fingerprint density at radius 3 is 2.83 bits per heavy atom. The highest BCUT2D eigenvalue weighted by molar-refractivity contribution is 5.92. The van der Waals surface area contributed by atoms with Gasteiger partial charge in [-0.3, -0.25) is 4.79 Å². The molecular formula is C15H16F3N5O. The predicted molar refractivity (Wildman–Crippen MR) is 79.8 cm³/mol. The van der Waals surface area contributed by atoms with E-state index in [9.17, 15) is 18.0 Å². The lowest BCUT2D eigenvalue weighted by molar-refractivity contribution is -0.137. The zero-order chi connectivity index (χ0) is 17.2. The van der Waals surface area contributed by atoms with Gasteiger partial charge in [0.05, 0.1) is 17.4 Å². The van der Waals surface area contributed by atoms with Gasteiger partial charge < -0.3 is 10.2 Å². The summed E-state index contributed by atoms with van der Waals surface area (Å²) in [7, 11) is 0. The molecule has 3 rings (SSSR count). The van der Waals surface area contributed by atoms with Crippen LogP contribution in [0.25, 0.3) is 5.69 Å². The Morgan fingerprint density at radius 1 is 1.21 bits per heavy atom. The molecule has 1 aliphatic heterocycles. The summed E-state index contributed by atoms with van der Waals surface area (Å²) in [4.78, 5) is 14.1. The molecule has 1 aromatic heterocycles. The Kier molecular flexibility index (Phi) is 4.52. The fourth-order valence-corrected chi connectivity index (χ4v) is 2.52. The van der Waals surface area contributed by atoms with Crippen molar-refractivity contribution in [2.45, 2.75) is 12.6 Å². The number of halogens is 3. The molecule has 1 fully saturated rings.